The van der Waals surface area contributed by atoms with Crippen LogP contribution in [0.5, 0.6) is 0 Å². The van der Waals surface area contributed by atoms with Crippen LogP contribution in [0.15, 0.2) is 24.3 Å². The second-order valence-electron chi connectivity index (χ2n) is 6.31. The predicted molar refractivity (Wildman–Crippen MR) is 78.5 cm³/mol. The Morgan fingerprint density at radius 1 is 1.30 bits per heavy atom. The molecule has 0 radical (unpaired) electrons. The Morgan fingerprint density at radius 3 is 2.45 bits per heavy atom. The summed E-state index contributed by atoms with van der Waals surface area (Å²) in [6.45, 7) is 8.20. The SMILES string of the molecule is CCOC(=O)[C@]1(C)C[C@@H](O)C[C@]1(C)c1ccc(C)cc1. The van der Waals surface area contributed by atoms with Crippen LogP contribution in [0, 0.1) is 12.3 Å². The Bertz CT molecular complexity index is 493. The van der Waals surface area contributed by atoms with Gasteiger partial charge in [-0.2, -0.15) is 0 Å². The maximum Gasteiger partial charge on any atom is 0.312 e. The maximum atomic E-state index is 12.4. The van der Waals surface area contributed by atoms with Gasteiger partial charge in [-0.3, -0.25) is 4.79 Å². The van der Waals surface area contributed by atoms with E-state index in [-0.39, 0.29) is 5.97 Å². The summed E-state index contributed by atoms with van der Waals surface area (Å²) >= 11 is 0. The van der Waals surface area contributed by atoms with E-state index in [0.717, 1.165) is 5.56 Å². The molecule has 0 aromatic heterocycles. The zero-order valence-electron chi connectivity index (χ0n) is 12.8. The Hall–Kier alpha value is -1.35. The van der Waals surface area contributed by atoms with Crippen molar-refractivity contribution in [3.8, 4) is 0 Å². The van der Waals surface area contributed by atoms with E-state index < -0.39 is 16.9 Å². The molecule has 0 aliphatic heterocycles. The predicted octanol–water partition coefficient (Wildman–Crippen LogP) is 2.98. The van der Waals surface area contributed by atoms with E-state index in [1.54, 1.807) is 0 Å². The fraction of sp³-hybridized carbons (Fsp3) is 0.588. The van der Waals surface area contributed by atoms with E-state index in [1.165, 1.54) is 5.56 Å². The van der Waals surface area contributed by atoms with Crippen LogP contribution in [0.2, 0.25) is 0 Å². The minimum Gasteiger partial charge on any atom is -0.466 e. The van der Waals surface area contributed by atoms with Gasteiger partial charge in [0, 0.05) is 5.41 Å². The van der Waals surface area contributed by atoms with Gasteiger partial charge in [0.1, 0.15) is 0 Å². The number of aliphatic hydroxyl groups excluding tert-OH is 1. The molecule has 1 fully saturated rings. The summed E-state index contributed by atoms with van der Waals surface area (Å²) in [4.78, 5) is 12.4. The number of esters is 1. The molecule has 3 heteroatoms. The summed E-state index contributed by atoms with van der Waals surface area (Å²) in [7, 11) is 0. The number of hydrogen-bond donors (Lipinski definition) is 1. The van der Waals surface area contributed by atoms with Gasteiger partial charge in [0.15, 0.2) is 0 Å². The summed E-state index contributed by atoms with van der Waals surface area (Å²) in [5.74, 6) is -0.209. The summed E-state index contributed by atoms with van der Waals surface area (Å²) < 4.78 is 5.27. The topological polar surface area (TPSA) is 46.5 Å². The number of rotatable bonds is 3. The van der Waals surface area contributed by atoms with Gasteiger partial charge in [0.2, 0.25) is 0 Å². The molecule has 20 heavy (non-hydrogen) atoms. The highest BCUT2D eigenvalue weighted by Crippen LogP contribution is 2.54. The first-order valence-corrected chi connectivity index (χ1v) is 7.26. The molecule has 1 aromatic rings. The molecule has 3 nitrogen and oxygen atoms in total. The van der Waals surface area contributed by atoms with Gasteiger partial charge in [-0.1, -0.05) is 36.8 Å². The minimum absolute atomic E-state index is 0.209. The van der Waals surface area contributed by atoms with Crippen LogP contribution in [0.4, 0.5) is 0 Å². The second-order valence-corrected chi connectivity index (χ2v) is 6.31. The Labute approximate surface area is 121 Å². The Balaban J connectivity index is 2.45. The first-order valence-electron chi connectivity index (χ1n) is 7.26. The van der Waals surface area contributed by atoms with Gasteiger partial charge in [-0.05, 0) is 39.2 Å². The van der Waals surface area contributed by atoms with E-state index in [9.17, 15) is 9.90 Å². The molecule has 1 N–H and O–H groups in total. The third-order valence-corrected chi connectivity index (χ3v) is 4.92. The zero-order chi connectivity index (χ0) is 15.0. The monoisotopic (exact) mass is 276 g/mol. The van der Waals surface area contributed by atoms with Gasteiger partial charge < -0.3 is 9.84 Å². The highest BCUT2D eigenvalue weighted by molar-refractivity contribution is 5.79. The largest absolute Gasteiger partial charge is 0.466 e. The van der Waals surface area contributed by atoms with Gasteiger partial charge in [0.25, 0.3) is 0 Å². The van der Waals surface area contributed by atoms with Crippen molar-refractivity contribution in [3.05, 3.63) is 35.4 Å². The highest BCUT2D eigenvalue weighted by Gasteiger charge is 2.58. The van der Waals surface area contributed by atoms with Crippen molar-refractivity contribution in [2.45, 2.75) is 52.1 Å². The Morgan fingerprint density at radius 2 is 1.90 bits per heavy atom. The van der Waals surface area contributed by atoms with Crippen molar-refractivity contribution in [1.29, 1.82) is 0 Å². The first-order chi connectivity index (χ1) is 9.33. The fourth-order valence-corrected chi connectivity index (χ4v) is 3.42. The number of benzene rings is 1. The van der Waals surface area contributed by atoms with Crippen molar-refractivity contribution >= 4 is 5.97 Å². The lowest BCUT2D eigenvalue weighted by atomic mass is 9.64. The molecule has 1 aromatic carbocycles. The zero-order valence-corrected chi connectivity index (χ0v) is 12.8. The van der Waals surface area contributed by atoms with Crippen molar-refractivity contribution in [1.82, 2.24) is 0 Å². The van der Waals surface area contributed by atoms with Crippen LogP contribution in [-0.2, 0) is 14.9 Å². The lowest BCUT2D eigenvalue weighted by molar-refractivity contribution is -0.157. The van der Waals surface area contributed by atoms with Gasteiger partial charge >= 0.3 is 5.97 Å². The number of carbonyl (C=O) groups excluding carboxylic acids is 1. The summed E-state index contributed by atoms with van der Waals surface area (Å²) in [5, 5.41) is 10.1. The second kappa shape index (κ2) is 5.21. The molecule has 2 rings (SSSR count). The van der Waals surface area contributed by atoms with Crippen molar-refractivity contribution in [3.63, 3.8) is 0 Å². The molecule has 0 bridgehead atoms. The lowest BCUT2D eigenvalue weighted by Crippen LogP contribution is -2.44. The van der Waals surface area contributed by atoms with E-state index in [0.29, 0.717) is 19.4 Å². The molecule has 1 aliphatic rings. The molecule has 0 heterocycles. The van der Waals surface area contributed by atoms with Gasteiger partial charge in [-0.15, -0.1) is 0 Å². The molecule has 0 unspecified atom stereocenters. The Kier molecular flexibility index (Phi) is 3.92. The molecular formula is C17H24O3. The van der Waals surface area contributed by atoms with Crippen LogP contribution in [0.1, 0.15) is 44.7 Å². The smallest absolute Gasteiger partial charge is 0.312 e. The minimum atomic E-state index is -0.683. The van der Waals surface area contributed by atoms with Crippen LogP contribution < -0.4 is 0 Å². The molecule has 0 saturated heterocycles. The van der Waals surface area contributed by atoms with Crippen molar-refractivity contribution < 1.29 is 14.6 Å². The van der Waals surface area contributed by atoms with E-state index in [2.05, 4.69) is 31.2 Å². The summed E-state index contributed by atoms with van der Waals surface area (Å²) in [5.41, 5.74) is 1.20. The number of hydrogen-bond acceptors (Lipinski definition) is 3. The average Bonchev–Trinajstić information content (AvgIpc) is 2.62. The third-order valence-electron chi connectivity index (χ3n) is 4.92. The molecule has 0 amide bonds. The standard InChI is InChI=1S/C17H24O3/c1-5-20-15(19)17(4)11-14(18)10-16(17,3)13-8-6-12(2)7-9-13/h6-9,14,18H,5,10-11H2,1-4H3/t14-,16+,17-/m0/s1. The van der Waals surface area contributed by atoms with Crippen LogP contribution in [-0.4, -0.2) is 23.8 Å². The van der Waals surface area contributed by atoms with Crippen LogP contribution >= 0.6 is 0 Å². The van der Waals surface area contributed by atoms with Gasteiger partial charge in [-0.25, -0.2) is 0 Å². The lowest BCUT2D eigenvalue weighted by Gasteiger charge is -2.39. The van der Waals surface area contributed by atoms with E-state index in [1.807, 2.05) is 20.8 Å². The molecule has 0 spiro atoms. The van der Waals surface area contributed by atoms with Crippen LogP contribution in [0.25, 0.3) is 0 Å². The first kappa shape index (κ1) is 15.0. The number of ether oxygens (including phenoxy) is 1. The van der Waals surface area contributed by atoms with Crippen molar-refractivity contribution in [2.75, 3.05) is 6.61 Å². The molecular weight excluding hydrogens is 252 g/mol. The number of aliphatic hydroxyl groups is 1. The molecule has 1 aliphatic carbocycles. The van der Waals surface area contributed by atoms with Crippen LogP contribution in [0.3, 0.4) is 0 Å². The van der Waals surface area contributed by atoms with E-state index >= 15 is 0 Å². The van der Waals surface area contributed by atoms with E-state index in [4.69, 9.17) is 4.74 Å². The normalized spacial score (nSPS) is 33.1. The fourth-order valence-electron chi connectivity index (χ4n) is 3.42. The maximum absolute atomic E-state index is 12.4. The molecule has 110 valence electrons. The number of carbonyl (C=O) groups is 1. The molecule has 3 atom stereocenters. The summed E-state index contributed by atoms with van der Waals surface area (Å²) in [6.07, 6.45) is 0.581. The highest BCUT2D eigenvalue weighted by atomic mass is 16.5. The quantitative estimate of drug-likeness (QED) is 0.863. The van der Waals surface area contributed by atoms with Crippen molar-refractivity contribution in [2.24, 2.45) is 5.41 Å². The number of aryl methyl sites for hydroxylation is 1. The van der Waals surface area contributed by atoms with Gasteiger partial charge in [0.05, 0.1) is 18.1 Å². The average molecular weight is 276 g/mol. The summed E-state index contributed by atoms with van der Waals surface area (Å²) in [6, 6.07) is 8.23. The molecule has 1 saturated carbocycles. The third kappa shape index (κ3) is 2.24.